The van der Waals surface area contributed by atoms with E-state index in [9.17, 15) is 0 Å². The lowest BCUT2D eigenvalue weighted by atomic mass is 15.0. The van der Waals surface area contributed by atoms with Gasteiger partial charge >= 0.3 is 4.57 Å². The molecule has 0 saturated carbocycles. The lowest BCUT2D eigenvalue weighted by molar-refractivity contribution is -0.120. The zero-order chi connectivity index (χ0) is 4.28. The summed E-state index contributed by atoms with van der Waals surface area (Å²) in [7, 11) is 0. The molecule has 0 aliphatic rings. The Morgan fingerprint density at radius 3 is 2.20 bits per heavy atom. The van der Waals surface area contributed by atoms with E-state index in [0.717, 1.165) is 0 Å². The molecule has 0 fully saturated rings. The number of hydrogen-bond acceptors (Lipinski definition) is 3. The molecule has 1 unspecified atom stereocenters. The molecule has 0 heterocycles. The summed E-state index contributed by atoms with van der Waals surface area (Å²) in [6, 6.07) is 0. The van der Waals surface area contributed by atoms with E-state index in [2.05, 4.69) is 16.5 Å². The Bertz CT molecular complexity index is 44.9. The predicted molar refractivity (Wildman–Crippen MR) is 32.0 cm³/mol. The first kappa shape index (κ1) is 6.17. The molecule has 30 valence electrons. The molecule has 0 amide bonds. The van der Waals surface area contributed by atoms with E-state index >= 15 is 0 Å². The van der Waals surface area contributed by atoms with Gasteiger partial charge in [0.1, 0.15) is 0 Å². The molecular weight excluding hydrogens is 222 g/mol. The number of halogens is 1. The lowest BCUT2D eigenvalue weighted by Crippen LogP contribution is -1.51. The molecule has 0 aliphatic heterocycles. The van der Waals surface area contributed by atoms with E-state index in [4.69, 9.17) is 5.26 Å². The quantitative estimate of drug-likeness (QED) is 0.317. The maximum absolute atomic E-state index is 7.56. The first-order valence-electron chi connectivity index (χ1n) is 0.717. The summed E-state index contributed by atoms with van der Waals surface area (Å²) in [5, 5.41) is 7.56. The first-order valence-corrected chi connectivity index (χ1v) is 5.78. The van der Waals surface area contributed by atoms with Crippen molar-refractivity contribution in [2.75, 3.05) is 0 Å². The largest absolute Gasteiger partial charge is 0.444 e. The Balaban J connectivity index is 2.85. The van der Waals surface area contributed by atoms with Crippen molar-refractivity contribution < 1.29 is 9.93 Å². The van der Waals surface area contributed by atoms with Crippen molar-refractivity contribution in [2.45, 2.75) is 0 Å². The van der Waals surface area contributed by atoms with Gasteiger partial charge in [0.15, 0.2) is 0 Å². The molecular formula is HIO2PS+. The summed E-state index contributed by atoms with van der Waals surface area (Å²) in [5.74, 6) is 0. The van der Waals surface area contributed by atoms with Crippen molar-refractivity contribution in [1.29, 1.82) is 0 Å². The number of rotatable bonds is 1. The topological polar surface area (TPSA) is 29.5 Å². The maximum Gasteiger partial charge on any atom is 0.444 e. The minimum absolute atomic E-state index is 0.989. The van der Waals surface area contributed by atoms with Crippen LogP contribution in [0.25, 0.3) is 0 Å². The van der Waals surface area contributed by atoms with Gasteiger partial charge < -0.3 is 0 Å². The first-order chi connectivity index (χ1) is 2.27. The highest BCUT2D eigenvalue weighted by atomic mass is 127. The van der Waals surface area contributed by atoms with Crippen molar-refractivity contribution in [3.8, 4) is 0 Å². The smallest absolute Gasteiger partial charge is 0.206 e. The Morgan fingerprint density at radius 1 is 2.00 bits per heavy atom. The van der Waals surface area contributed by atoms with E-state index in [0.29, 0.717) is 0 Å². The summed E-state index contributed by atoms with van der Waals surface area (Å²) in [6.07, 6.45) is 0. The lowest BCUT2D eigenvalue weighted by Gasteiger charge is -1.57. The second-order valence-corrected chi connectivity index (χ2v) is 6.47. The van der Waals surface area contributed by atoms with Crippen LogP contribution in [-0.4, -0.2) is 5.26 Å². The molecule has 0 spiro atoms. The third kappa shape index (κ3) is 5.17. The zero-order valence-electron chi connectivity index (χ0n) is 2.09. The molecule has 1 atom stereocenters. The van der Waals surface area contributed by atoms with Gasteiger partial charge in [0.2, 0.25) is 11.8 Å². The summed E-state index contributed by atoms with van der Waals surface area (Å²) >= 11 is 6.17. The van der Waals surface area contributed by atoms with E-state index in [1.807, 2.05) is 22.0 Å². The molecule has 0 bridgehead atoms. The van der Waals surface area contributed by atoms with Crippen LogP contribution in [0.5, 0.6) is 0 Å². The molecule has 0 aromatic rings. The molecule has 0 aromatic carbocycles. The van der Waals surface area contributed by atoms with Crippen molar-refractivity contribution in [2.24, 2.45) is 0 Å². The van der Waals surface area contributed by atoms with Crippen LogP contribution in [0.1, 0.15) is 0 Å². The predicted octanol–water partition coefficient (Wildman–Crippen LogP) is 1.68. The molecule has 1 N–H and O–H groups in total. The van der Waals surface area contributed by atoms with Crippen LogP contribution in [0.2, 0.25) is 0 Å². The summed E-state index contributed by atoms with van der Waals surface area (Å²) in [5.41, 5.74) is 0. The van der Waals surface area contributed by atoms with Crippen LogP contribution >= 0.6 is 26.6 Å². The summed E-state index contributed by atoms with van der Waals surface area (Å²) in [4.78, 5) is 0. The van der Waals surface area contributed by atoms with Crippen LogP contribution in [0.3, 0.4) is 0 Å². The van der Waals surface area contributed by atoms with Crippen molar-refractivity contribution in [1.82, 2.24) is 0 Å². The Morgan fingerprint density at radius 2 is 2.20 bits per heavy atom. The van der Waals surface area contributed by atoms with Gasteiger partial charge in [-0.2, -0.15) is 0 Å². The van der Waals surface area contributed by atoms with Crippen molar-refractivity contribution >= 4 is 38.4 Å². The Labute approximate surface area is 48.4 Å². The highest BCUT2D eigenvalue weighted by Gasteiger charge is 1.98. The van der Waals surface area contributed by atoms with E-state index in [1.54, 1.807) is 0 Å². The van der Waals surface area contributed by atoms with Crippen LogP contribution in [0, 0.1) is 0 Å². The average molecular weight is 223 g/mol. The standard InChI is InChI=1S/IO2PS/c1-4(5)3-2/p+1. The monoisotopic (exact) mass is 223 g/mol. The van der Waals surface area contributed by atoms with Crippen LogP contribution in [-0.2, 0) is 16.5 Å². The van der Waals surface area contributed by atoms with Gasteiger partial charge in [-0.05, 0) is 0 Å². The second-order valence-electron chi connectivity index (χ2n) is 0.294. The minimum atomic E-state index is -0.989. The average Bonchev–Trinajstić information content (AvgIpc) is 1.38. The van der Waals surface area contributed by atoms with Crippen molar-refractivity contribution in [3.63, 3.8) is 0 Å². The highest BCUT2D eigenvalue weighted by Crippen LogP contribution is 2.30. The van der Waals surface area contributed by atoms with Gasteiger partial charge in [-0.25, -0.2) is 5.26 Å². The molecule has 0 radical (unpaired) electrons. The Kier molecular flexibility index (Phi) is 4.15. The second kappa shape index (κ2) is 3.36. The summed E-state index contributed by atoms with van der Waals surface area (Å²) in [6.45, 7) is 0. The van der Waals surface area contributed by atoms with Gasteiger partial charge in [0.05, 0.1) is 0 Å². The Hall–Kier alpha value is 1.17. The fourth-order valence-corrected chi connectivity index (χ4v) is 0. The fraction of sp³-hybridized carbons (Fsp3) is 0. The molecule has 0 aliphatic carbocycles. The van der Waals surface area contributed by atoms with E-state index < -0.39 is 4.57 Å². The van der Waals surface area contributed by atoms with Gasteiger partial charge in [0.25, 0.3) is 22.0 Å². The van der Waals surface area contributed by atoms with Gasteiger partial charge in [-0.15, -0.1) is 0 Å². The molecule has 5 heavy (non-hydrogen) atoms. The molecule has 5 heteroatoms. The van der Waals surface area contributed by atoms with Crippen LogP contribution < -0.4 is 0 Å². The molecule has 0 aromatic heterocycles. The van der Waals surface area contributed by atoms with Gasteiger partial charge in [0, 0.05) is 4.67 Å². The zero-order valence-corrected chi connectivity index (χ0v) is 5.96. The SMILES string of the molecule is OO[P+](=S)I. The molecule has 0 rings (SSSR count). The normalized spacial score (nSPS) is 11.2. The summed E-state index contributed by atoms with van der Waals surface area (Å²) < 4.78 is 2.63. The third-order valence-electron chi connectivity index (χ3n) is 0.0642. The van der Waals surface area contributed by atoms with Gasteiger partial charge in [-0.1, -0.05) is 0 Å². The molecule has 0 saturated heterocycles. The maximum atomic E-state index is 7.56. The molecule has 2 nitrogen and oxygen atoms in total. The van der Waals surface area contributed by atoms with E-state index in [1.165, 1.54) is 0 Å². The van der Waals surface area contributed by atoms with Crippen LogP contribution in [0.15, 0.2) is 0 Å². The number of hydrogen-bond donors (Lipinski definition) is 1. The highest BCUT2D eigenvalue weighted by molar-refractivity contribution is 14.2. The van der Waals surface area contributed by atoms with E-state index in [-0.39, 0.29) is 0 Å². The van der Waals surface area contributed by atoms with Gasteiger partial charge in [-0.3, -0.25) is 0 Å². The third-order valence-corrected chi connectivity index (χ3v) is 0.921. The minimum Gasteiger partial charge on any atom is -0.206 e. The van der Waals surface area contributed by atoms with Crippen molar-refractivity contribution in [3.05, 3.63) is 0 Å². The fourth-order valence-electron chi connectivity index (χ4n) is 0. The van der Waals surface area contributed by atoms with Crippen LogP contribution in [0.4, 0.5) is 0 Å².